The van der Waals surface area contributed by atoms with Gasteiger partial charge in [0.1, 0.15) is 5.75 Å². The first kappa shape index (κ1) is 15.1. The smallest absolute Gasteiger partial charge is 0.174 e. The molecular formula is C15H18BrNO3. The van der Waals surface area contributed by atoms with Crippen LogP contribution >= 0.6 is 15.9 Å². The van der Waals surface area contributed by atoms with Crippen molar-refractivity contribution in [2.45, 2.75) is 18.9 Å². The average molecular weight is 340 g/mol. The van der Waals surface area contributed by atoms with Gasteiger partial charge in [0.25, 0.3) is 0 Å². The van der Waals surface area contributed by atoms with E-state index in [0.717, 1.165) is 16.9 Å². The summed E-state index contributed by atoms with van der Waals surface area (Å²) in [5.41, 5.74) is 8.55. The summed E-state index contributed by atoms with van der Waals surface area (Å²) in [5.74, 6) is 0.462. The zero-order valence-electron chi connectivity index (χ0n) is 11.5. The number of hydrogen-bond donors (Lipinski definition) is 2. The highest BCUT2D eigenvalue weighted by atomic mass is 79.9. The summed E-state index contributed by atoms with van der Waals surface area (Å²) < 4.78 is 11.1. The van der Waals surface area contributed by atoms with Crippen LogP contribution in [0.3, 0.4) is 0 Å². The molecule has 2 aromatic rings. The fourth-order valence-corrected chi connectivity index (χ4v) is 2.78. The normalized spacial score (nSPS) is 14.1. The van der Waals surface area contributed by atoms with E-state index < -0.39 is 6.10 Å². The lowest BCUT2D eigenvalue weighted by Crippen LogP contribution is -2.21. The number of aliphatic hydroxyl groups excluding tert-OH is 1. The highest BCUT2D eigenvalue weighted by molar-refractivity contribution is 9.10. The Labute approximate surface area is 126 Å². The monoisotopic (exact) mass is 339 g/mol. The van der Waals surface area contributed by atoms with E-state index >= 15 is 0 Å². The zero-order valence-corrected chi connectivity index (χ0v) is 13.1. The van der Waals surface area contributed by atoms with Gasteiger partial charge in [0.2, 0.25) is 0 Å². The number of ether oxygens (including phenoxy) is 1. The molecule has 0 fully saturated rings. The van der Waals surface area contributed by atoms with E-state index in [4.69, 9.17) is 14.9 Å². The minimum atomic E-state index is -0.760. The summed E-state index contributed by atoms with van der Waals surface area (Å²) >= 11 is 3.29. The minimum absolute atomic E-state index is 0.265. The van der Waals surface area contributed by atoms with E-state index in [0.29, 0.717) is 16.8 Å². The number of benzene rings is 1. The molecule has 20 heavy (non-hydrogen) atoms. The van der Waals surface area contributed by atoms with Gasteiger partial charge in [0.15, 0.2) is 4.67 Å². The van der Waals surface area contributed by atoms with Gasteiger partial charge in [-0.15, -0.1) is 0 Å². The summed E-state index contributed by atoms with van der Waals surface area (Å²) in [4.78, 5) is 0. The highest BCUT2D eigenvalue weighted by Crippen LogP contribution is 2.38. The van der Waals surface area contributed by atoms with E-state index in [9.17, 15) is 5.11 Å². The Kier molecular flexibility index (Phi) is 4.86. The number of halogens is 1. The van der Waals surface area contributed by atoms with Crippen LogP contribution in [0.4, 0.5) is 0 Å². The number of aryl methyl sites for hydroxylation is 1. The van der Waals surface area contributed by atoms with Crippen LogP contribution < -0.4 is 10.5 Å². The van der Waals surface area contributed by atoms with E-state index in [1.54, 1.807) is 13.2 Å². The second-order valence-electron chi connectivity index (χ2n) is 4.68. The highest BCUT2D eigenvalue weighted by Gasteiger charge is 2.27. The number of aliphatic hydroxyl groups is 1. The Balaban J connectivity index is 2.42. The van der Waals surface area contributed by atoms with E-state index in [-0.39, 0.29) is 5.92 Å². The summed E-state index contributed by atoms with van der Waals surface area (Å²) in [6.45, 7) is 2.30. The molecule has 0 bridgehead atoms. The number of rotatable bonds is 5. The van der Waals surface area contributed by atoms with Crippen LogP contribution in [0, 0.1) is 6.92 Å². The maximum atomic E-state index is 10.6. The number of methoxy groups -OCH3 is 1. The van der Waals surface area contributed by atoms with E-state index in [1.807, 2.05) is 25.1 Å². The number of hydrogen-bond acceptors (Lipinski definition) is 4. The van der Waals surface area contributed by atoms with Gasteiger partial charge in [-0.3, -0.25) is 0 Å². The molecular weight excluding hydrogens is 322 g/mol. The Morgan fingerprint density at radius 3 is 2.65 bits per heavy atom. The van der Waals surface area contributed by atoms with Crippen LogP contribution in [0.25, 0.3) is 0 Å². The molecule has 0 aliphatic heterocycles. The average Bonchev–Trinajstić information content (AvgIpc) is 2.86. The van der Waals surface area contributed by atoms with Crippen LogP contribution in [0.2, 0.25) is 0 Å². The molecule has 0 aliphatic rings. The fourth-order valence-electron chi connectivity index (χ4n) is 2.30. The van der Waals surface area contributed by atoms with E-state index in [1.165, 1.54) is 6.26 Å². The summed E-state index contributed by atoms with van der Waals surface area (Å²) in [6, 6.07) is 7.59. The Bertz CT molecular complexity index is 582. The minimum Gasteiger partial charge on any atom is -0.496 e. The van der Waals surface area contributed by atoms with Crippen molar-refractivity contribution >= 4 is 15.9 Å². The first-order chi connectivity index (χ1) is 9.58. The molecule has 3 N–H and O–H groups in total. The van der Waals surface area contributed by atoms with Crippen LogP contribution in [-0.4, -0.2) is 18.8 Å². The Hall–Kier alpha value is -1.30. The van der Waals surface area contributed by atoms with Gasteiger partial charge in [-0.25, -0.2) is 0 Å². The molecule has 0 saturated carbocycles. The third kappa shape index (κ3) is 2.90. The molecule has 0 amide bonds. The van der Waals surface area contributed by atoms with Gasteiger partial charge in [0.05, 0.1) is 19.5 Å². The van der Waals surface area contributed by atoms with Crippen molar-refractivity contribution in [2.24, 2.45) is 5.73 Å². The topological polar surface area (TPSA) is 68.6 Å². The largest absolute Gasteiger partial charge is 0.496 e. The van der Waals surface area contributed by atoms with Crippen molar-refractivity contribution in [1.82, 2.24) is 0 Å². The molecule has 1 aromatic heterocycles. The predicted octanol–water partition coefficient (Wildman–Crippen LogP) is 3.14. The van der Waals surface area contributed by atoms with E-state index in [2.05, 4.69) is 15.9 Å². The lowest BCUT2D eigenvalue weighted by Gasteiger charge is -2.23. The lowest BCUT2D eigenvalue weighted by atomic mass is 9.89. The van der Waals surface area contributed by atoms with Crippen LogP contribution in [0.15, 0.2) is 39.6 Å². The van der Waals surface area contributed by atoms with Crippen molar-refractivity contribution < 1.29 is 14.3 Å². The van der Waals surface area contributed by atoms with Crippen molar-refractivity contribution in [3.63, 3.8) is 0 Å². The molecule has 2 unspecified atom stereocenters. The first-order valence-electron chi connectivity index (χ1n) is 6.34. The van der Waals surface area contributed by atoms with Gasteiger partial charge in [0, 0.05) is 23.6 Å². The Morgan fingerprint density at radius 2 is 2.10 bits per heavy atom. The standard InChI is InChI=1S/C15H18BrNO3/c1-9-3-4-13(19-2)11(7-9)12(8-17)14(18)10-5-6-20-15(10)16/h3-7,12,14,18H,8,17H2,1-2H3. The SMILES string of the molecule is COc1ccc(C)cc1C(CN)C(O)c1ccoc1Br. The molecule has 0 radical (unpaired) electrons. The third-order valence-electron chi connectivity index (χ3n) is 3.38. The molecule has 1 heterocycles. The molecule has 0 aliphatic carbocycles. The van der Waals surface area contributed by atoms with Crippen LogP contribution in [-0.2, 0) is 0 Å². The van der Waals surface area contributed by atoms with Gasteiger partial charge in [-0.1, -0.05) is 17.7 Å². The fraction of sp³-hybridized carbons (Fsp3) is 0.333. The van der Waals surface area contributed by atoms with Gasteiger partial charge in [-0.05, 0) is 35.0 Å². The second kappa shape index (κ2) is 6.43. The second-order valence-corrected chi connectivity index (χ2v) is 5.40. The molecule has 108 valence electrons. The molecule has 1 aromatic carbocycles. The molecule has 2 atom stereocenters. The van der Waals surface area contributed by atoms with Crippen molar-refractivity contribution in [1.29, 1.82) is 0 Å². The maximum Gasteiger partial charge on any atom is 0.174 e. The molecule has 2 rings (SSSR count). The van der Waals surface area contributed by atoms with Gasteiger partial charge in [-0.2, -0.15) is 0 Å². The lowest BCUT2D eigenvalue weighted by molar-refractivity contribution is 0.144. The van der Waals surface area contributed by atoms with Crippen molar-refractivity contribution in [3.05, 3.63) is 51.9 Å². The maximum absolute atomic E-state index is 10.6. The quantitative estimate of drug-likeness (QED) is 0.877. The first-order valence-corrected chi connectivity index (χ1v) is 7.13. The number of nitrogens with two attached hydrogens (primary N) is 1. The van der Waals surface area contributed by atoms with Crippen LogP contribution in [0.1, 0.15) is 28.7 Å². The Morgan fingerprint density at radius 1 is 1.35 bits per heavy atom. The predicted molar refractivity (Wildman–Crippen MR) is 80.9 cm³/mol. The van der Waals surface area contributed by atoms with Gasteiger partial charge >= 0.3 is 0 Å². The number of furan rings is 1. The van der Waals surface area contributed by atoms with Crippen molar-refractivity contribution in [2.75, 3.05) is 13.7 Å². The van der Waals surface area contributed by atoms with Crippen molar-refractivity contribution in [3.8, 4) is 5.75 Å². The van der Waals surface area contributed by atoms with Crippen LogP contribution in [0.5, 0.6) is 5.75 Å². The zero-order chi connectivity index (χ0) is 14.7. The summed E-state index contributed by atoms with van der Waals surface area (Å²) in [6.07, 6.45) is 0.771. The summed E-state index contributed by atoms with van der Waals surface area (Å²) in [5, 5.41) is 10.6. The molecule has 0 spiro atoms. The third-order valence-corrected chi connectivity index (χ3v) is 4.03. The molecule has 4 nitrogen and oxygen atoms in total. The van der Waals surface area contributed by atoms with Gasteiger partial charge < -0.3 is 20.0 Å². The molecule has 5 heteroatoms. The molecule has 0 saturated heterocycles. The summed E-state index contributed by atoms with van der Waals surface area (Å²) in [7, 11) is 1.61.